The van der Waals surface area contributed by atoms with Crippen molar-refractivity contribution >= 4 is 21.6 Å². The first kappa shape index (κ1) is 13.4. The van der Waals surface area contributed by atoms with E-state index >= 15 is 0 Å². The largest absolute Gasteiger partial charge is 0.382 e. The van der Waals surface area contributed by atoms with Gasteiger partial charge in [-0.05, 0) is 45.0 Å². The normalized spacial score (nSPS) is 24.6. The number of piperidine rings is 1. The van der Waals surface area contributed by atoms with E-state index in [1.54, 1.807) is 0 Å². The summed E-state index contributed by atoms with van der Waals surface area (Å²) in [5.74, 6) is 0. The SMILES string of the molecule is CC1CC(Nc2cc(Br)cc(C#N)c2)CCN1C. The topological polar surface area (TPSA) is 39.1 Å². The smallest absolute Gasteiger partial charge is 0.0992 e. The van der Waals surface area contributed by atoms with E-state index in [0.717, 1.165) is 29.5 Å². The summed E-state index contributed by atoms with van der Waals surface area (Å²) in [4.78, 5) is 2.39. The van der Waals surface area contributed by atoms with Crippen LogP contribution in [0.2, 0.25) is 0 Å². The van der Waals surface area contributed by atoms with Crippen LogP contribution in [0.25, 0.3) is 0 Å². The van der Waals surface area contributed by atoms with Gasteiger partial charge in [-0.15, -0.1) is 0 Å². The molecule has 4 heteroatoms. The number of likely N-dealkylation sites (tertiary alicyclic amines) is 1. The minimum atomic E-state index is 0.497. The highest BCUT2D eigenvalue weighted by Gasteiger charge is 2.22. The lowest BCUT2D eigenvalue weighted by Gasteiger charge is -2.35. The Hall–Kier alpha value is -1.05. The fourth-order valence-corrected chi connectivity index (χ4v) is 2.89. The molecule has 0 saturated carbocycles. The molecule has 0 aliphatic carbocycles. The molecule has 1 N–H and O–H groups in total. The molecular weight excluding hydrogens is 290 g/mol. The zero-order chi connectivity index (χ0) is 13.1. The molecule has 1 aromatic carbocycles. The number of halogens is 1. The number of nitriles is 1. The van der Waals surface area contributed by atoms with E-state index in [4.69, 9.17) is 5.26 Å². The lowest BCUT2D eigenvalue weighted by molar-refractivity contribution is 0.190. The molecule has 1 aliphatic rings. The van der Waals surface area contributed by atoms with E-state index in [-0.39, 0.29) is 0 Å². The molecular formula is C14H18BrN3. The van der Waals surface area contributed by atoms with Crippen molar-refractivity contribution in [3.8, 4) is 6.07 Å². The van der Waals surface area contributed by atoms with Gasteiger partial charge in [-0.3, -0.25) is 0 Å². The van der Waals surface area contributed by atoms with Crippen molar-refractivity contribution in [2.75, 3.05) is 18.9 Å². The van der Waals surface area contributed by atoms with Gasteiger partial charge in [0.15, 0.2) is 0 Å². The Balaban J connectivity index is 2.06. The van der Waals surface area contributed by atoms with E-state index < -0.39 is 0 Å². The third-order valence-corrected chi connectivity index (χ3v) is 4.06. The van der Waals surface area contributed by atoms with Crippen LogP contribution >= 0.6 is 15.9 Å². The number of anilines is 1. The van der Waals surface area contributed by atoms with Crippen LogP contribution in [0.3, 0.4) is 0 Å². The average molecular weight is 308 g/mol. The lowest BCUT2D eigenvalue weighted by Crippen LogP contribution is -2.42. The highest BCUT2D eigenvalue weighted by atomic mass is 79.9. The van der Waals surface area contributed by atoms with E-state index in [1.165, 1.54) is 0 Å². The van der Waals surface area contributed by atoms with Crippen molar-refractivity contribution in [3.63, 3.8) is 0 Å². The Kier molecular flexibility index (Phi) is 4.26. The van der Waals surface area contributed by atoms with Crippen molar-refractivity contribution in [3.05, 3.63) is 28.2 Å². The van der Waals surface area contributed by atoms with Gasteiger partial charge in [0.2, 0.25) is 0 Å². The lowest BCUT2D eigenvalue weighted by atomic mass is 9.98. The molecule has 0 aromatic heterocycles. The van der Waals surface area contributed by atoms with Crippen molar-refractivity contribution in [1.82, 2.24) is 4.90 Å². The van der Waals surface area contributed by atoms with Crippen molar-refractivity contribution in [1.29, 1.82) is 5.26 Å². The first-order valence-electron chi connectivity index (χ1n) is 6.26. The summed E-state index contributed by atoms with van der Waals surface area (Å²) in [6.07, 6.45) is 2.29. The Morgan fingerprint density at radius 3 is 2.89 bits per heavy atom. The average Bonchev–Trinajstić information content (AvgIpc) is 2.33. The fraction of sp³-hybridized carbons (Fsp3) is 0.500. The first-order valence-corrected chi connectivity index (χ1v) is 7.05. The van der Waals surface area contributed by atoms with Crippen LogP contribution in [0, 0.1) is 11.3 Å². The van der Waals surface area contributed by atoms with Gasteiger partial charge in [-0.1, -0.05) is 15.9 Å². The molecule has 0 spiro atoms. The zero-order valence-electron chi connectivity index (χ0n) is 10.8. The molecule has 96 valence electrons. The number of nitrogens with zero attached hydrogens (tertiary/aromatic N) is 2. The Bertz CT molecular complexity index is 467. The third-order valence-electron chi connectivity index (χ3n) is 3.61. The number of rotatable bonds is 2. The maximum absolute atomic E-state index is 8.96. The van der Waals surface area contributed by atoms with Crippen molar-refractivity contribution < 1.29 is 0 Å². The molecule has 1 saturated heterocycles. The predicted octanol–water partition coefficient (Wildman–Crippen LogP) is 3.22. The molecule has 3 nitrogen and oxygen atoms in total. The Morgan fingerprint density at radius 1 is 1.44 bits per heavy atom. The molecule has 2 atom stereocenters. The van der Waals surface area contributed by atoms with Gasteiger partial charge in [0.1, 0.15) is 0 Å². The minimum Gasteiger partial charge on any atom is -0.382 e. The van der Waals surface area contributed by atoms with Gasteiger partial charge >= 0.3 is 0 Å². The van der Waals surface area contributed by atoms with Crippen LogP contribution in [0.4, 0.5) is 5.69 Å². The molecule has 1 aromatic rings. The summed E-state index contributed by atoms with van der Waals surface area (Å²) in [6, 6.07) is 9.07. The maximum atomic E-state index is 8.96. The monoisotopic (exact) mass is 307 g/mol. The molecule has 1 aliphatic heterocycles. The molecule has 1 heterocycles. The second-order valence-corrected chi connectivity index (χ2v) is 5.95. The molecule has 0 radical (unpaired) electrons. The molecule has 2 rings (SSSR count). The molecule has 0 amide bonds. The fourth-order valence-electron chi connectivity index (χ4n) is 2.39. The molecule has 2 unspecified atom stereocenters. The summed E-state index contributed by atoms with van der Waals surface area (Å²) in [6.45, 7) is 3.38. The van der Waals surface area contributed by atoms with Gasteiger partial charge in [0.25, 0.3) is 0 Å². The quantitative estimate of drug-likeness (QED) is 0.912. The van der Waals surface area contributed by atoms with E-state index in [0.29, 0.717) is 17.6 Å². The highest BCUT2D eigenvalue weighted by molar-refractivity contribution is 9.10. The second-order valence-electron chi connectivity index (χ2n) is 5.04. The Labute approximate surface area is 117 Å². The third kappa shape index (κ3) is 3.24. The zero-order valence-corrected chi connectivity index (χ0v) is 12.4. The van der Waals surface area contributed by atoms with E-state index in [2.05, 4.69) is 46.2 Å². The Morgan fingerprint density at radius 2 is 2.22 bits per heavy atom. The summed E-state index contributed by atoms with van der Waals surface area (Å²) in [5, 5.41) is 12.5. The maximum Gasteiger partial charge on any atom is 0.0992 e. The van der Waals surface area contributed by atoms with Crippen molar-refractivity contribution in [2.45, 2.75) is 31.8 Å². The van der Waals surface area contributed by atoms with Gasteiger partial charge < -0.3 is 10.2 Å². The summed E-state index contributed by atoms with van der Waals surface area (Å²) in [5.41, 5.74) is 1.72. The standard InChI is InChI=1S/C14H18BrN3/c1-10-5-13(3-4-18(10)2)17-14-7-11(9-16)6-12(15)8-14/h6-8,10,13,17H,3-5H2,1-2H3. The van der Waals surface area contributed by atoms with Crippen LogP contribution in [0.15, 0.2) is 22.7 Å². The minimum absolute atomic E-state index is 0.497. The summed E-state index contributed by atoms with van der Waals surface area (Å²) >= 11 is 3.44. The predicted molar refractivity (Wildman–Crippen MR) is 77.6 cm³/mol. The number of benzene rings is 1. The van der Waals surface area contributed by atoms with E-state index in [1.807, 2.05) is 18.2 Å². The van der Waals surface area contributed by atoms with Crippen LogP contribution in [-0.4, -0.2) is 30.6 Å². The number of hydrogen-bond donors (Lipinski definition) is 1. The van der Waals surface area contributed by atoms with Crippen molar-refractivity contribution in [2.24, 2.45) is 0 Å². The number of nitrogens with one attached hydrogen (secondary N) is 1. The molecule has 1 fully saturated rings. The number of hydrogen-bond acceptors (Lipinski definition) is 3. The summed E-state index contributed by atoms with van der Waals surface area (Å²) in [7, 11) is 2.17. The highest BCUT2D eigenvalue weighted by Crippen LogP contribution is 2.23. The second kappa shape index (κ2) is 5.73. The summed E-state index contributed by atoms with van der Waals surface area (Å²) < 4.78 is 0.949. The van der Waals surface area contributed by atoms with Gasteiger partial charge in [0, 0.05) is 28.8 Å². The van der Waals surface area contributed by atoms with Gasteiger partial charge in [-0.25, -0.2) is 0 Å². The van der Waals surface area contributed by atoms with E-state index in [9.17, 15) is 0 Å². The van der Waals surface area contributed by atoms with Crippen LogP contribution in [0.1, 0.15) is 25.3 Å². The molecule has 0 bridgehead atoms. The van der Waals surface area contributed by atoms with Gasteiger partial charge in [0.05, 0.1) is 11.6 Å². The van der Waals surface area contributed by atoms with Crippen LogP contribution in [-0.2, 0) is 0 Å². The first-order chi connectivity index (χ1) is 8.58. The van der Waals surface area contributed by atoms with Crippen LogP contribution in [0.5, 0.6) is 0 Å². The van der Waals surface area contributed by atoms with Gasteiger partial charge in [-0.2, -0.15) is 5.26 Å². The molecule has 18 heavy (non-hydrogen) atoms. The van der Waals surface area contributed by atoms with Crippen LogP contribution < -0.4 is 5.32 Å².